The van der Waals surface area contributed by atoms with Crippen molar-refractivity contribution < 1.29 is 19.1 Å². The number of nitrogens with two attached hydrogens (primary N) is 1. The van der Waals surface area contributed by atoms with Gasteiger partial charge in [0.05, 0.1) is 26.2 Å². The average Bonchev–Trinajstić information content (AvgIpc) is 2.70. The maximum atomic E-state index is 12.2. The molecular formula is C20H32N4O4. The first-order valence-electron chi connectivity index (χ1n) is 9.90. The highest BCUT2D eigenvalue weighted by atomic mass is 16.5. The fourth-order valence-corrected chi connectivity index (χ4v) is 3.28. The lowest BCUT2D eigenvalue weighted by Crippen LogP contribution is -2.56. The van der Waals surface area contributed by atoms with Gasteiger partial charge in [-0.3, -0.25) is 19.9 Å². The summed E-state index contributed by atoms with van der Waals surface area (Å²) >= 11 is 0. The Bertz CT molecular complexity index is 653. The van der Waals surface area contributed by atoms with E-state index in [1.807, 2.05) is 23.1 Å². The van der Waals surface area contributed by atoms with Gasteiger partial charge in [-0.1, -0.05) is 32.3 Å². The molecule has 8 nitrogen and oxygen atoms in total. The van der Waals surface area contributed by atoms with Gasteiger partial charge in [-0.05, 0) is 24.1 Å². The van der Waals surface area contributed by atoms with Gasteiger partial charge >= 0.3 is 0 Å². The SMILES string of the molecule is CCCCCCOc1ccc(CN2CCNC(=O)C2CC(=O)NN)cc1OC. The molecule has 1 heterocycles. The number of rotatable bonds is 11. The highest BCUT2D eigenvalue weighted by Crippen LogP contribution is 2.29. The second-order valence-electron chi connectivity index (χ2n) is 6.94. The average molecular weight is 393 g/mol. The molecule has 0 aromatic heterocycles. The van der Waals surface area contributed by atoms with Crippen LogP contribution in [-0.4, -0.2) is 49.6 Å². The highest BCUT2D eigenvalue weighted by molar-refractivity contribution is 5.88. The molecule has 28 heavy (non-hydrogen) atoms. The molecule has 0 saturated carbocycles. The number of nitrogens with one attached hydrogen (secondary N) is 2. The third-order valence-corrected chi connectivity index (χ3v) is 4.85. The predicted molar refractivity (Wildman–Crippen MR) is 107 cm³/mol. The Kier molecular flexibility index (Phi) is 9.03. The van der Waals surface area contributed by atoms with Crippen LogP contribution in [0.5, 0.6) is 11.5 Å². The zero-order chi connectivity index (χ0) is 20.4. The number of amides is 2. The van der Waals surface area contributed by atoms with Crippen molar-refractivity contribution in [1.29, 1.82) is 0 Å². The summed E-state index contributed by atoms with van der Waals surface area (Å²) in [6.45, 7) is 4.59. The molecule has 0 radical (unpaired) electrons. The lowest BCUT2D eigenvalue weighted by Gasteiger charge is -2.34. The third-order valence-electron chi connectivity index (χ3n) is 4.85. The van der Waals surface area contributed by atoms with E-state index in [9.17, 15) is 9.59 Å². The Morgan fingerprint density at radius 1 is 1.32 bits per heavy atom. The summed E-state index contributed by atoms with van der Waals surface area (Å²) in [5.74, 6) is 6.04. The van der Waals surface area contributed by atoms with Crippen LogP contribution in [0.25, 0.3) is 0 Å². The van der Waals surface area contributed by atoms with Crippen LogP contribution in [0.4, 0.5) is 0 Å². The van der Waals surface area contributed by atoms with Crippen molar-refractivity contribution in [3.05, 3.63) is 23.8 Å². The van der Waals surface area contributed by atoms with Crippen molar-refractivity contribution in [2.75, 3.05) is 26.8 Å². The van der Waals surface area contributed by atoms with E-state index >= 15 is 0 Å². The smallest absolute Gasteiger partial charge is 0.237 e. The molecule has 0 bridgehead atoms. The Morgan fingerprint density at radius 2 is 2.14 bits per heavy atom. The van der Waals surface area contributed by atoms with Gasteiger partial charge in [0, 0.05) is 19.6 Å². The number of methoxy groups -OCH3 is 1. The summed E-state index contributed by atoms with van der Waals surface area (Å²) in [7, 11) is 1.62. The predicted octanol–water partition coefficient (Wildman–Crippen LogP) is 1.33. The fraction of sp³-hybridized carbons (Fsp3) is 0.600. The summed E-state index contributed by atoms with van der Waals surface area (Å²) in [4.78, 5) is 25.8. The molecule has 1 aliphatic rings. The maximum absolute atomic E-state index is 12.2. The normalized spacial score (nSPS) is 17.1. The Morgan fingerprint density at radius 3 is 2.86 bits per heavy atom. The standard InChI is InChI=1S/C20H32N4O4/c1-3-4-5-6-11-28-17-8-7-15(12-18(17)27-2)14-24-10-9-22-20(26)16(24)13-19(25)23-21/h7-8,12,16H,3-6,9-11,13-14,21H2,1-2H3,(H,22,26)(H,23,25). The number of carbonyl (C=O) groups is 2. The van der Waals surface area contributed by atoms with Crippen LogP contribution in [0.3, 0.4) is 0 Å². The van der Waals surface area contributed by atoms with Crippen LogP contribution in [0.1, 0.15) is 44.6 Å². The third kappa shape index (κ3) is 6.38. The van der Waals surface area contributed by atoms with Crippen molar-refractivity contribution in [3.8, 4) is 11.5 Å². The molecule has 1 saturated heterocycles. The van der Waals surface area contributed by atoms with Crippen LogP contribution in [0.2, 0.25) is 0 Å². The van der Waals surface area contributed by atoms with E-state index < -0.39 is 6.04 Å². The van der Waals surface area contributed by atoms with Crippen molar-refractivity contribution in [1.82, 2.24) is 15.6 Å². The van der Waals surface area contributed by atoms with Gasteiger partial charge < -0.3 is 14.8 Å². The molecule has 1 aromatic rings. The molecule has 1 atom stereocenters. The second kappa shape index (κ2) is 11.5. The van der Waals surface area contributed by atoms with Gasteiger partial charge in [0.1, 0.15) is 0 Å². The monoisotopic (exact) mass is 392 g/mol. The number of benzene rings is 1. The molecule has 156 valence electrons. The van der Waals surface area contributed by atoms with Crippen LogP contribution >= 0.6 is 0 Å². The molecule has 4 N–H and O–H groups in total. The molecule has 1 fully saturated rings. The van der Waals surface area contributed by atoms with E-state index in [0.717, 1.165) is 24.2 Å². The zero-order valence-corrected chi connectivity index (χ0v) is 16.8. The van der Waals surface area contributed by atoms with Gasteiger partial charge in [-0.2, -0.15) is 0 Å². The largest absolute Gasteiger partial charge is 0.493 e. The molecule has 0 spiro atoms. The fourth-order valence-electron chi connectivity index (χ4n) is 3.28. The summed E-state index contributed by atoms with van der Waals surface area (Å²) in [6, 6.07) is 5.25. The number of unbranched alkanes of at least 4 members (excludes halogenated alkanes) is 3. The lowest BCUT2D eigenvalue weighted by molar-refractivity contribution is -0.134. The van der Waals surface area contributed by atoms with Gasteiger partial charge in [-0.15, -0.1) is 0 Å². The minimum absolute atomic E-state index is 0.0262. The minimum atomic E-state index is -0.544. The van der Waals surface area contributed by atoms with E-state index in [1.165, 1.54) is 12.8 Å². The molecule has 2 amide bonds. The summed E-state index contributed by atoms with van der Waals surface area (Å²) in [5, 5.41) is 2.80. The van der Waals surface area contributed by atoms with Crippen LogP contribution in [0, 0.1) is 0 Å². The molecule has 0 aliphatic carbocycles. The lowest BCUT2D eigenvalue weighted by atomic mass is 10.1. The first-order chi connectivity index (χ1) is 13.6. The molecule has 2 rings (SSSR count). The molecule has 1 unspecified atom stereocenters. The minimum Gasteiger partial charge on any atom is -0.493 e. The topological polar surface area (TPSA) is 106 Å². The first-order valence-corrected chi connectivity index (χ1v) is 9.90. The number of ether oxygens (including phenoxy) is 2. The van der Waals surface area contributed by atoms with E-state index in [4.69, 9.17) is 15.3 Å². The van der Waals surface area contributed by atoms with Crippen LogP contribution in [0.15, 0.2) is 18.2 Å². The Labute approximate surface area is 166 Å². The van der Waals surface area contributed by atoms with Crippen molar-refractivity contribution in [2.45, 2.75) is 51.6 Å². The number of hydrazine groups is 1. The quantitative estimate of drug-likeness (QED) is 0.227. The van der Waals surface area contributed by atoms with Gasteiger partial charge in [0.25, 0.3) is 0 Å². The molecule has 8 heteroatoms. The van der Waals surface area contributed by atoms with Gasteiger partial charge in [0.2, 0.25) is 11.8 Å². The Hall–Kier alpha value is -2.32. The van der Waals surface area contributed by atoms with Gasteiger partial charge in [-0.25, -0.2) is 5.84 Å². The zero-order valence-electron chi connectivity index (χ0n) is 16.8. The number of nitrogens with zero attached hydrogens (tertiary/aromatic N) is 1. The van der Waals surface area contributed by atoms with E-state index in [0.29, 0.717) is 32.0 Å². The molecule has 1 aromatic carbocycles. The summed E-state index contributed by atoms with van der Waals surface area (Å²) in [5.41, 5.74) is 3.08. The first kappa shape index (κ1) is 22.0. The van der Waals surface area contributed by atoms with Crippen molar-refractivity contribution in [3.63, 3.8) is 0 Å². The maximum Gasteiger partial charge on any atom is 0.237 e. The number of carbonyl (C=O) groups excluding carboxylic acids is 2. The summed E-state index contributed by atoms with van der Waals surface area (Å²) < 4.78 is 11.3. The van der Waals surface area contributed by atoms with E-state index in [-0.39, 0.29) is 18.2 Å². The van der Waals surface area contributed by atoms with Crippen molar-refractivity contribution >= 4 is 11.8 Å². The number of piperazine rings is 1. The second-order valence-corrected chi connectivity index (χ2v) is 6.94. The summed E-state index contributed by atoms with van der Waals surface area (Å²) in [6.07, 6.45) is 4.61. The van der Waals surface area contributed by atoms with E-state index in [1.54, 1.807) is 7.11 Å². The van der Waals surface area contributed by atoms with E-state index in [2.05, 4.69) is 17.7 Å². The highest BCUT2D eigenvalue weighted by Gasteiger charge is 2.31. The van der Waals surface area contributed by atoms with Crippen LogP contribution in [-0.2, 0) is 16.1 Å². The molecule has 1 aliphatic heterocycles. The molecular weight excluding hydrogens is 360 g/mol. The Balaban J connectivity index is 2.01. The van der Waals surface area contributed by atoms with Crippen molar-refractivity contribution in [2.24, 2.45) is 5.84 Å². The number of hydrogen-bond acceptors (Lipinski definition) is 6. The van der Waals surface area contributed by atoms with Gasteiger partial charge in [0.15, 0.2) is 11.5 Å². The van der Waals surface area contributed by atoms with Crippen LogP contribution < -0.4 is 26.1 Å². The number of hydrogen-bond donors (Lipinski definition) is 3.